The van der Waals surface area contributed by atoms with Crippen LogP contribution in [0, 0.1) is 23.0 Å². The molecule has 1 aromatic heterocycles. The van der Waals surface area contributed by atoms with E-state index >= 15 is 0 Å². The zero-order chi connectivity index (χ0) is 27.4. The molecule has 2 fully saturated rings. The summed E-state index contributed by atoms with van der Waals surface area (Å²) in [6, 6.07) is 12.6. The highest BCUT2D eigenvalue weighted by Crippen LogP contribution is 2.51. The molecule has 200 valence electrons. The van der Waals surface area contributed by atoms with E-state index in [9.17, 15) is 24.5 Å². The second-order valence-electron chi connectivity index (χ2n) is 9.85. The molecule has 0 bridgehead atoms. The summed E-state index contributed by atoms with van der Waals surface area (Å²) >= 11 is 1.29. The van der Waals surface area contributed by atoms with Crippen molar-refractivity contribution < 1.29 is 28.9 Å². The summed E-state index contributed by atoms with van der Waals surface area (Å²) in [5.74, 6) is -2.52. The highest BCUT2D eigenvalue weighted by Gasteiger charge is 2.61. The molecular weight excluding hydrogens is 522 g/mol. The van der Waals surface area contributed by atoms with Crippen LogP contribution >= 0.6 is 11.3 Å². The number of methoxy groups -OCH3 is 1. The number of non-ortho nitro benzene ring substituents is 1. The van der Waals surface area contributed by atoms with Crippen LogP contribution in [-0.2, 0) is 32.0 Å². The lowest BCUT2D eigenvalue weighted by atomic mass is 9.90. The summed E-state index contributed by atoms with van der Waals surface area (Å²) in [5.41, 5.74) is 3.20. The number of hydrogen-bond donors (Lipinski definition) is 0. The molecule has 3 heterocycles. The Morgan fingerprint density at radius 2 is 1.79 bits per heavy atom. The van der Waals surface area contributed by atoms with Crippen molar-refractivity contribution in [2.75, 3.05) is 17.1 Å². The molecule has 39 heavy (non-hydrogen) atoms. The Morgan fingerprint density at radius 3 is 2.49 bits per heavy atom. The fourth-order valence-electron chi connectivity index (χ4n) is 5.79. The van der Waals surface area contributed by atoms with Crippen LogP contribution in [0.2, 0.25) is 0 Å². The lowest BCUT2D eigenvalue weighted by Crippen LogP contribution is -2.38. The number of nitro groups is 1. The lowest BCUT2D eigenvalue weighted by Gasteiger charge is -2.29. The Morgan fingerprint density at radius 1 is 1.08 bits per heavy atom. The quantitative estimate of drug-likeness (QED) is 0.195. The number of nitro benzene ring substituents is 1. The van der Waals surface area contributed by atoms with Gasteiger partial charge in [0.15, 0.2) is 6.10 Å². The van der Waals surface area contributed by atoms with E-state index in [0.717, 1.165) is 40.2 Å². The van der Waals surface area contributed by atoms with Gasteiger partial charge in [-0.1, -0.05) is 30.3 Å². The van der Waals surface area contributed by atoms with Crippen LogP contribution in [0.25, 0.3) is 0 Å². The first kappa shape index (κ1) is 25.2. The number of nitrogens with zero attached hydrogens (tertiary/aromatic N) is 3. The summed E-state index contributed by atoms with van der Waals surface area (Å²) in [5, 5.41) is 13.1. The average molecular weight is 548 g/mol. The Balaban J connectivity index is 1.46. The number of imide groups is 1. The molecule has 3 atom stereocenters. The van der Waals surface area contributed by atoms with E-state index in [-0.39, 0.29) is 16.3 Å². The standard InChI is InChI=1S/C28H25N3O7S/c1-15-7-3-5-9-19(15)30-23(16-11-13-17(14-12-16)31(35)36)22-24(38-30)26(33)29(25(22)32)27-21(28(34)37-2)18-8-4-6-10-20(18)39-27/h3,5,7,9,11-14,22-24H,4,6,8,10H2,1-2H3. The number of ether oxygens (including phenoxy) is 1. The Labute approximate surface area is 227 Å². The molecular formula is C28H25N3O7S. The molecule has 10 nitrogen and oxygen atoms in total. The minimum atomic E-state index is -1.12. The normalized spacial score (nSPS) is 22.2. The number of rotatable bonds is 5. The number of para-hydroxylation sites is 1. The van der Waals surface area contributed by atoms with Crippen LogP contribution in [0.4, 0.5) is 16.4 Å². The fraction of sp³-hybridized carbons (Fsp3) is 0.321. The van der Waals surface area contributed by atoms with Crippen LogP contribution in [0.1, 0.15) is 50.8 Å². The highest BCUT2D eigenvalue weighted by atomic mass is 32.1. The number of anilines is 2. The number of fused-ring (bicyclic) bond motifs is 2. The van der Waals surface area contributed by atoms with Crippen molar-refractivity contribution in [3.8, 4) is 0 Å². The van der Waals surface area contributed by atoms with E-state index < -0.39 is 40.8 Å². The van der Waals surface area contributed by atoms with Crippen molar-refractivity contribution in [3.05, 3.63) is 85.8 Å². The maximum absolute atomic E-state index is 14.1. The predicted octanol–water partition coefficient (Wildman–Crippen LogP) is 4.68. The number of esters is 1. The van der Waals surface area contributed by atoms with Gasteiger partial charge in [0.2, 0.25) is 5.91 Å². The third-order valence-corrected chi connectivity index (χ3v) is 8.94. The number of amides is 2. The molecule has 0 saturated carbocycles. The van der Waals surface area contributed by atoms with Crippen LogP contribution in [0.15, 0.2) is 48.5 Å². The average Bonchev–Trinajstić information content (AvgIpc) is 3.58. The first-order valence-corrected chi connectivity index (χ1v) is 13.5. The van der Waals surface area contributed by atoms with Gasteiger partial charge in [0.25, 0.3) is 11.6 Å². The van der Waals surface area contributed by atoms with Gasteiger partial charge >= 0.3 is 5.97 Å². The summed E-state index contributed by atoms with van der Waals surface area (Å²) in [4.78, 5) is 60.0. The molecule has 2 amide bonds. The summed E-state index contributed by atoms with van der Waals surface area (Å²) in [6.07, 6.45) is 2.22. The van der Waals surface area contributed by atoms with Crippen LogP contribution < -0.4 is 9.96 Å². The van der Waals surface area contributed by atoms with Gasteiger partial charge in [-0.05, 0) is 55.4 Å². The van der Waals surface area contributed by atoms with Gasteiger partial charge in [0.05, 0.1) is 29.3 Å². The molecule has 0 N–H and O–H groups in total. The van der Waals surface area contributed by atoms with Gasteiger partial charge in [0, 0.05) is 17.0 Å². The molecule has 11 heteroatoms. The number of thiophene rings is 1. The minimum absolute atomic E-state index is 0.0843. The third kappa shape index (κ3) is 3.92. The number of aryl methyl sites for hydroxylation is 2. The van der Waals surface area contributed by atoms with Crippen LogP contribution in [0.3, 0.4) is 0 Å². The number of benzene rings is 2. The Kier molecular flexibility index (Phi) is 6.19. The maximum atomic E-state index is 14.1. The van der Waals surface area contributed by atoms with E-state index in [1.54, 1.807) is 17.2 Å². The Bertz CT molecular complexity index is 1520. The maximum Gasteiger partial charge on any atom is 0.341 e. The third-order valence-electron chi connectivity index (χ3n) is 7.66. The summed E-state index contributed by atoms with van der Waals surface area (Å²) in [6.45, 7) is 1.90. The minimum Gasteiger partial charge on any atom is -0.465 e. The van der Waals surface area contributed by atoms with Crippen molar-refractivity contribution in [2.45, 2.75) is 44.8 Å². The second kappa shape index (κ2) is 9.58. The Hall–Kier alpha value is -4.09. The molecule has 1 aliphatic carbocycles. The zero-order valence-electron chi connectivity index (χ0n) is 21.3. The molecule has 2 aromatic carbocycles. The number of carbonyl (C=O) groups excluding carboxylic acids is 3. The van der Waals surface area contributed by atoms with Gasteiger partial charge in [-0.15, -0.1) is 11.3 Å². The molecule has 0 spiro atoms. The van der Waals surface area contributed by atoms with E-state index in [0.29, 0.717) is 17.7 Å². The zero-order valence-corrected chi connectivity index (χ0v) is 22.1. The van der Waals surface area contributed by atoms with Crippen molar-refractivity contribution in [1.82, 2.24) is 0 Å². The molecule has 2 saturated heterocycles. The molecule has 6 rings (SSSR count). The summed E-state index contributed by atoms with van der Waals surface area (Å²) < 4.78 is 5.06. The molecule has 3 aromatic rings. The van der Waals surface area contributed by atoms with E-state index in [1.807, 2.05) is 31.2 Å². The first-order valence-electron chi connectivity index (χ1n) is 12.7. The molecule has 2 aliphatic heterocycles. The number of carbonyl (C=O) groups is 3. The van der Waals surface area contributed by atoms with E-state index in [2.05, 4.69) is 0 Å². The highest BCUT2D eigenvalue weighted by molar-refractivity contribution is 7.17. The van der Waals surface area contributed by atoms with Gasteiger partial charge in [-0.2, -0.15) is 0 Å². The molecule has 0 radical (unpaired) electrons. The first-order chi connectivity index (χ1) is 18.8. The monoisotopic (exact) mass is 547 g/mol. The van der Waals surface area contributed by atoms with Gasteiger partial charge in [-0.3, -0.25) is 24.5 Å². The number of hydroxylamine groups is 1. The van der Waals surface area contributed by atoms with Crippen molar-refractivity contribution in [1.29, 1.82) is 0 Å². The van der Waals surface area contributed by atoms with Gasteiger partial charge in [-0.25, -0.2) is 14.8 Å². The van der Waals surface area contributed by atoms with Crippen molar-refractivity contribution >= 4 is 45.5 Å². The van der Waals surface area contributed by atoms with E-state index in [4.69, 9.17) is 9.57 Å². The van der Waals surface area contributed by atoms with E-state index in [1.165, 1.54) is 30.6 Å². The predicted molar refractivity (Wildman–Crippen MR) is 143 cm³/mol. The van der Waals surface area contributed by atoms with Crippen LogP contribution in [0.5, 0.6) is 0 Å². The summed E-state index contributed by atoms with van der Waals surface area (Å²) in [7, 11) is 1.29. The van der Waals surface area contributed by atoms with Crippen molar-refractivity contribution in [2.24, 2.45) is 5.92 Å². The molecule has 3 aliphatic rings. The van der Waals surface area contributed by atoms with Gasteiger partial charge < -0.3 is 4.74 Å². The number of hydrogen-bond acceptors (Lipinski definition) is 9. The topological polar surface area (TPSA) is 119 Å². The van der Waals surface area contributed by atoms with Gasteiger partial charge in [0.1, 0.15) is 10.9 Å². The largest absolute Gasteiger partial charge is 0.465 e. The smallest absolute Gasteiger partial charge is 0.341 e. The molecule has 3 unspecified atom stereocenters. The fourth-order valence-corrected chi connectivity index (χ4v) is 7.17. The SMILES string of the molecule is COC(=O)c1c(N2C(=O)C3ON(c4ccccc4C)C(c4ccc([N+](=O)[O-])cc4)C3C2=O)sc2c1CCCC2. The van der Waals surface area contributed by atoms with Crippen molar-refractivity contribution in [3.63, 3.8) is 0 Å². The second-order valence-corrected chi connectivity index (χ2v) is 10.9. The van der Waals surface area contributed by atoms with Crippen LogP contribution in [-0.4, -0.2) is 35.9 Å². The lowest BCUT2D eigenvalue weighted by molar-refractivity contribution is -0.384.